The Kier molecular flexibility index (Phi) is 2.56. The molecule has 0 aliphatic rings. The molecular weight excluding hydrogens is 168 g/mol. The predicted molar refractivity (Wildman–Crippen MR) is 49.2 cm³/mol. The number of Topliss-reactive ketones (excluding diaryl/α,β-unsaturated/α-hetero) is 1. The van der Waals surface area contributed by atoms with E-state index in [0.717, 1.165) is 0 Å². The number of phenolic OH excluding ortho intramolecular Hbond substituents is 2. The van der Waals surface area contributed by atoms with Crippen molar-refractivity contribution in [2.24, 2.45) is 0 Å². The molecule has 0 bridgehead atoms. The van der Waals surface area contributed by atoms with Crippen molar-refractivity contribution in [2.45, 2.75) is 20.3 Å². The van der Waals surface area contributed by atoms with Crippen LogP contribution >= 0.6 is 0 Å². The van der Waals surface area contributed by atoms with Gasteiger partial charge >= 0.3 is 0 Å². The van der Waals surface area contributed by atoms with E-state index in [4.69, 9.17) is 0 Å². The minimum absolute atomic E-state index is 0.0606. The zero-order valence-electron chi connectivity index (χ0n) is 7.66. The SMILES string of the molecule is CCc1c(O)ccc(O)c1C(C)=O. The highest BCUT2D eigenvalue weighted by Crippen LogP contribution is 2.29. The highest BCUT2D eigenvalue weighted by Gasteiger charge is 2.14. The quantitative estimate of drug-likeness (QED) is 0.539. The van der Waals surface area contributed by atoms with E-state index in [-0.39, 0.29) is 22.8 Å². The average molecular weight is 180 g/mol. The number of aromatic hydroxyl groups is 2. The summed E-state index contributed by atoms with van der Waals surface area (Å²) < 4.78 is 0. The topological polar surface area (TPSA) is 57.5 Å². The number of carbonyl (C=O) groups excluding carboxylic acids is 1. The first-order valence-corrected chi connectivity index (χ1v) is 4.12. The number of ketones is 1. The molecule has 3 heteroatoms. The molecule has 1 aromatic carbocycles. The van der Waals surface area contributed by atoms with Crippen LogP contribution in [0.5, 0.6) is 11.5 Å². The van der Waals surface area contributed by atoms with Gasteiger partial charge in [0.1, 0.15) is 11.5 Å². The Labute approximate surface area is 76.6 Å². The van der Waals surface area contributed by atoms with Crippen LogP contribution in [0.4, 0.5) is 0 Å². The summed E-state index contributed by atoms with van der Waals surface area (Å²) in [6.07, 6.45) is 0.523. The lowest BCUT2D eigenvalue weighted by molar-refractivity contribution is 0.101. The van der Waals surface area contributed by atoms with Crippen molar-refractivity contribution >= 4 is 5.78 Å². The van der Waals surface area contributed by atoms with Crippen molar-refractivity contribution in [3.05, 3.63) is 23.3 Å². The molecular formula is C10H12O3. The fourth-order valence-corrected chi connectivity index (χ4v) is 1.38. The van der Waals surface area contributed by atoms with Crippen LogP contribution in [0.2, 0.25) is 0 Å². The van der Waals surface area contributed by atoms with E-state index < -0.39 is 0 Å². The number of benzene rings is 1. The summed E-state index contributed by atoms with van der Waals surface area (Å²) >= 11 is 0. The second kappa shape index (κ2) is 3.47. The van der Waals surface area contributed by atoms with Crippen molar-refractivity contribution < 1.29 is 15.0 Å². The number of phenols is 2. The van der Waals surface area contributed by atoms with Gasteiger partial charge in [0.05, 0.1) is 5.56 Å². The van der Waals surface area contributed by atoms with Gasteiger partial charge in [0.15, 0.2) is 5.78 Å². The number of rotatable bonds is 2. The Morgan fingerprint density at radius 2 is 1.85 bits per heavy atom. The Morgan fingerprint density at radius 1 is 1.31 bits per heavy atom. The van der Waals surface area contributed by atoms with Gasteiger partial charge in [-0.25, -0.2) is 0 Å². The monoisotopic (exact) mass is 180 g/mol. The Morgan fingerprint density at radius 3 is 2.23 bits per heavy atom. The smallest absolute Gasteiger partial charge is 0.163 e. The maximum absolute atomic E-state index is 11.1. The van der Waals surface area contributed by atoms with Crippen molar-refractivity contribution in [1.82, 2.24) is 0 Å². The van der Waals surface area contributed by atoms with Crippen molar-refractivity contribution in [3.63, 3.8) is 0 Å². The van der Waals surface area contributed by atoms with E-state index in [1.165, 1.54) is 19.1 Å². The summed E-state index contributed by atoms with van der Waals surface area (Å²) in [5.74, 6) is -0.238. The predicted octanol–water partition coefficient (Wildman–Crippen LogP) is 1.86. The minimum Gasteiger partial charge on any atom is -0.508 e. The van der Waals surface area contributed by atoms with Crippen molar-refractivity contribution in [2.75, 3.05) is 0 Å². The maximum atomic E-state index is 11.1. The normalized spacial score (nSPS) is 10.0. The summed E-state index contributed by atoms with van der Waals surface area (Å²) in [7, 11) is 0. The fourth-order valence-electron chi connectivity index (χ4n) is 1.38. The lowest BCUT2D eigenvalue weighted by Gasteiger charge is -2.08. The first-order chi connectivity index (χ1) is 6.07. The molecule has 2 N–H and O–H groups in total. The van der Waals surface area contributed by atoms with Crippen molar-refractivity contribution in [3.8, 4) is 11.5 Å². The second-order valence-electron chi connectivity index (χ2n) is 2.87. The van der Waals surface area contributed by atoms with E-state index in [1.54, 1.807) is 0 Å². The summed E-state index contributed by atoms with van der Waals surface area (Å²) in [6, 6.07) is 2.71. The van der Waals surface area contributed by atoms with Crippen LogP contribution in [-0.2, 0) is 6.42 Å². The molecule has 0 heterocycles. The second-order valence-corrected chi connectivity index (χ2v) is 2.87. The third kappa shape index (κ3) is 1.64. The molecule has 1 aromatic rings. The van der Waals surface area contributed by atoms with Gasteiger partial charge in [0.25, 0.3) is 0 Å². The van der Waals surface area contributed by atoms with E-state index in [2.05, 4.69) is 0 Å². The van der Waals surface area contributed by atoms with Gasteiger partial charge in [-0.1, -0.05) is 6.92 Å². The molecule has 0 atom stereocenters. The summed E-state index contributed by atoms with van der Waals surface area (Å²) in [4.78, 5) is 11.1. The largest absolute Gasteiger partial charge is 0.508 e. The Balaban J connectivity index is 3.43. The molecule has 0 saturated heterocycles. The first kappa shape index (κ1) is 9.58. The van der Waals surface area contributed by atoms with Gasteiger partial charge in [-0.2, -0.15) is 0 Å². The minimum atomic E-state index is -0.231. The molecule has 0 spiro atoms. The Bertz CT molecular complexity index is 342. The molecule has 1 rings (SSSR count). The molecule has 0 aliphatic heterocycles. The molecule has 0 unspecified atom stereocenters. The van der Waals surface area contributed by atoms with Gasteiger partial charge in [-0.05, 0) is 25.5 Å². The highest BCUT2D eigenvalue weighted by atomic mass is 16.3. The summed E-state index contributed by atoms with van der Waals surface area (Å²) in [5, 5.41) is 18.8. The van der Waals surface area contributed by atoms with E-state index in [9.17, 15) is 15.0 Å². The van der Waals surface area contributed by atoms with Crippen LogP contribution in [0.1, 0.15) is 29.8 Å². The molecule has 0 radical (unpaired) electrons. The number of hydrogen-bond donors (Lipinski definition) is 2. The molecule has 13 heavy (non-hydrogen) atoms. The van der Waals surface area contributed by atoms with Gasteiger partial charge in [-0.3, -0.25) is 4.79 Å². The highest BCUT2D eigenvalue weighted by molar-refractivity contribution is 5.98. The maximum Gasteiger partial charge on any atom is 0.163 e. The molecule has 0 aromatic heterocycles. The van der Waals surface area contributed by atoms with Crippen LogP contribution in [0.3, 0.4) is 0 Å². The summed E-state index contributed by atoms with van der Waals surface area (Å²) in [6.45, 7) is 3.19. The van der Waals surface area contributed by atoms with Gasteiger partial charge in [0.2, 0.25) is 0 Å². The van der Waals surface area contributed by atoms with Gasteiger partial charge in [0, 0.05) is 5.56 Å². The van der Waals surface area contributed by atoms with Crippen molar-refractivity contribution in [1.29, 1.82) is 0 Å². The van der Waals surface area contributed by atoms with Crippen LogP contribution in [0.25, 0.3) is 0 Å². The van der Waals surface area contributed by atoms with Crippen LogP contribution in [0.15, 0.2) is 12.1 Å². The Hall–Kier alpha value is -1.51. The zero-order valence-corrected chi connectivity index (χ0v) is 7.66. The van der Waals surface area contributed by atoms with Crippen LogP contribution in [-0.4, -0.2) is 16.0 Å². The van der Waals surface area contributed by atoms with Gasteiger partial charge < -0.3 is 10.2 Å². The van der Waals surface area contributed by atoms with Crippen LogP contribution in [0, 0.1) is 0 Å². The molecule has 0 aliphatic carbocycles. The molecule has 70 valence electrons. The lowest BCUT2D eigenvalue weighted by Crippen LogP contribution is -1.99. The third-order valence-electron chi connectivity index (χ3n) is 1.97. The summed E-state index contributed by atoms with van der Waals surface area (Å²) in [5.41, 5.74) is 0.731. The molecule has 0 saturated carbocycles. The lowest BCUT2D eigenvalue weighted by atomic mass is 10.00. The standard InChI is InChI=1S/C10H12O3/c1-3-7-8(12)4-5-9(13)10(7)6(2)11/h4-5,12-13H,3H2,1-2H3. The van der Waals surface area contributed by atoms with E-state index in [1.807, 2.05) is 6.92 Å². The van der Waals surface area contributed by atoms with E-state index in [0.29, 0.717) is 12.0 Å². The third-order valence-corrected chi connectivity index (χ3v) is 1.97. The number of carbonyl (C=O) groups is 1. The van der Waals surface area contributed by atoms with Crippen LogP contribution < -0.4 is 0 Å². The van der Waals surface area contributed by atoms with E-state index >= 15 is 0 Å². The first-order valence-electron chi connectivity index (χ1n) is 4.12. The fraction of sp³-hybridized carbons (Fsp3) is 0.300. The number of hydrogen-bond acceptors (Lipinski definition) is 3. The zero-order chi connectivity index (χ0) is 10.0. The van der Waals surface area contributed by atoms with Gasteiger partial charge in [-0.15, -0.1) is 0 Å². The average Bonchev–Trinajstić information content (AvgIpc) is 2.07. The molecule has 0 amide bonds. The molecule has 0 fully saturated rings. The molecule has 3 nitrogen and oxygen atoms in total.